The highest BCUT2D eigenvalue weighted by Gasteiger charge is 2.01. The van der Waals surface area contributed by atoms with Crippen LogP contribution in [0.25, 0.3) is 0 Å². The van der Waals surface area contributed by atoms with E-state index >= 15 is 0 Å². The van der Waals surface area contributed by atoms with Crippen LogP contribution in [0.5, 0.6) is 5.75 Å². The second-order valence-corrected chi connectivity index (χ2v) is 5.77. The van der Waals surface area contributed by atoms with Crippen molar-refractivity contribution in [1.82, 2.24) is 0 Å². The summed E-state index contributed by atoms with van der Waals surface area (Å²) >= 11 is 7.53. The first-order valence-electron chi connectivity index (χ1n) is 6.02. The standard InChI is InChI=1S/C15H16ClNOS/c1-11-3-2-4-13(9-11)18-7-8-19-15-6-5-12(16)10-14(15)17/h2-6,9-10H,7-8,17H2,1H3. The van der Waals surface area contributed by atoms with Gasteiger partial charge in [0.1, 0.15) is 5.75 Å². The Morgan fingerprint density at radius 3 is 2.79 bits per heavy atom. The van der Waals surface area contributed by atoms with Gasteiger partial charge >= 0.3 is 0 Å². The molecular weight excluding hydrogens is 278 g/mol. The van der Waals surface area contributed by atoms with E-state index in [-0.39, 0.29) is 0 Å². The predicted octanol–water partition coefficient (Wildman–Crippen LogP) is 4.40. The number of hydrogen-bond acceptors (Lipinski definition) is 3. The highest BCUT2D eigenvalue weighted by Crippen LogP contribution is 2.27. The van der Waals surface area contributed by atoms with Gasteiger partial charge in [0.15, 0.2) is 0 Å². The first kappa shape index (κ1) is 14.1. The Labute approximate surface area is 122 Å². The zero-order valence-electron chi connectivity index (χ0n) is 10.7. The molecule has 2 aromatic rings. The maximum Gasteiger partial charge on any atom is 0.119 e. The van der Waals surface area contributed by atoms with E-state index in [2.05, 4.69) is 13.0 Å². The molecular formula is C15H16ClNOS. The van der Waals surface area contributed by atoms with Gasteiger partial charge in [0, 0.05) is 21.4 Å². The predicted molar refractivity (Wildman–Crippen MR) is 83.3 cm³/mol. The fourth-order valence-electron chi connectivity index (χ4n) is 1.67. The monoisotopic (exact) mass is 293 g/mol. The molecule has 2 aromatic carbocycles. The van der Waals surface area contributed by atoms with Crippen LogP contribution in [0, 0.1) is 6.92 Å². The molecule has 0 spiro atoms. The van der Waals surface area contributed by atoms with E-state index in [4.69, 9.17) is 22.1 Å². The van der Waals surface area contributed by atoms with Crippen molar-refractivity contribution in [3.63, 3.8) is 0 Å². The van der Waals surface area contributed by atoms with E-state index in [1.165, 1.54) is 5.56 Å². The Bertz CT molecular complexity index is 560. The fourth-order valence-corrected chi connectivity index (χ4v) is 2.62. The van der Waals surface area contributed by atoms with E-state index in [0.717, 1.165) is 16.4 Å². The minimum atomic E-state index is 0.649. The summed E-state index contributed by atoms with van der Waals surface area (Å²) in [6.07, 6.45) is 0. The van der Waals surface area contributed by atoms with E-state index < -0.39 is 0 Å². The molecule has 0 amide bonds. The number of nitrogens with two attached hydrogens (primary N) is 1. The zero-order valence-corrected chi connectivity index (χ0v) is 12.3. The van der Waals surface area contributed by atoms with Gasteiger partial charge in [-0.3, -0.25) is 0 Å². The number of anilines is 1. The zero-order chi connectivity index (χ0) is 13.7. The maximum atomic E-state index is 5.89. The molecule has 2 nitrogen and oxygen atoms in total. The van der Waals surface area contributed by atoms with Gasteiger partial charge in [-0.05, 0) is 42.8 Å². The number of thioether (sulfide) groups is 1. The lowest BCUT2D eigenvalue weighted by Crippen LogP contribution is -2.00. The third-order valence-corrected chi connectivity index (χ3v) is 3.86. The Morgan fingerprint density at radius 1 is 1.21 bits per heavy atom. The van der Waals surface area contributed by atoms with Crippen LogP contribution in [0.3, 0.4) is 0 Å². The quantitative estimate of drug-likeness (QED) is 0.504. The molecule has 0 atom stereocenters. The second kappa shape index (κ2) is 6.73. The molecule has 0 aliphatic carbocycles. The summed E-state index contributed by atoms with van der Waals surface area (Å²) in [7, 11) is 0. The highest BCUT2D eigenvalue weighted by atomic mass is 35.5. The summed E-state index contributed by atoms with van der Waals surface area (Å²) in [5.41, 5.74) is 7.81. The van der Waals surface area contributed by atoms with Crippen molar-refractivity contribution in [2.75, 3.05) is 18.1 Å². The molecule has 0 radical (unpaired) electrons. The summed E-state index contributed by atoms with van der Waals surface area (Å²) in [5, 5.41) is 0.665. The van der Waals surface area contributed by atoms with Crippen molar-refractivity contribution in [2.24, 2.45) is 0 Å². The van der Waals surface area contributed by atoms with Gasteiger partial charge < -0.3 is 10.5 Å². The SMILES string of the molecule is Cc1cccc(OCCSc2ccc(Cl)cc2N)c1. The molecule has 4 heteroatoms. The molecule has 2 rings (SSSR count). The molecule has 0 bridgehead atoms. The van der Waals surface area contributed by atoms with Gasteiger partial charge in [-0.1, -0.05) is 23.7 Å². The number of rotatable bonds is 5. The number of benzene rings is 2. The van der Waals surface area contributed by atoms with Crippen LogP contribution in [0.2, 0.25) is 5.02 Å². The van der Waals surface area contributed by atoms with Crippen LogP contribution in [-0.4, -0.2) is 12.4 Å². The Hall–Kier alpha value is -1.32. The van der Waals surface area contributed by atoms with Crippen LogP contribution < -0.4 is 10.5 Å². The highest BCUT2D eigenvalue weighted by molar-refractivity contribution is 7.99. The van der Waals surface area contributed by atoms with Gasteiger partial charge in [-0.15, -0.1) is 11.8 Å². The molecule has 0 heterocycles. The summed E-state index contributed by atoms with van der Waals surface area (Å²) in [6.45, 7) is 2.70. The first-order chi connectivity index (χ1) is 9.15. The summed E-state index contributed by atoms with van der Waals surface area (Å²) in [6, 6.07) is 13.6. The van der Waals surface area contributed by atoms with Crippen LogP contribution in [0.15, 0.2) is 47.4 Å². The molecule has 0 aromatic heterocycles. The molecule has 100 valence electrons. The van der Waals surface area contributed by atoms with Gasteiger partial charge in [0.2, 0.25) is 0 Å². The third-order valence-electron chi connectivity index (χ3n) is 2.57. The Balaban J connectivity index is 1.81. The molecule has 0 fully saturated rings. The van der Waals surface area contributed by atoms with Crippen molar-refractivity contribution >= 4 is 29.1 Å². The number of halogens is 1. The van der Waals surface area contributed by atoms with E-state index in [1.54, 1.807) is 17.8 Å². The summed E-state index contributed by atoms with van der Waals surface area (Å²) in [4.78, 5) is 1.04. The van der Waals surface area contributed by atoms with E-state index in [0.29, 0.717) is 17.3 Å². The topological polar surface area (TPSA) is 35.2 Å². The maximum absolute atomic E-state index is 5.89. The van der Waals surface area contributed by atoms with Gasteiger partial charge in [0.25, 0.3) is 0 Å². The average Bonchev–Trinajstić information content (AvgIpc) is 2.37. The minimum Gasteiger partial charge on any atom is -0.493 e. The number of ether oxygens (including phenoxy) is 1. The lowest BCUT2D eigenvalue weighted by atomic mass is 10.2. The number of hydrogen-bond donors (Lipinski definition) is 1. The molecule has 0 aliphatic heterocycles. The van der Waals surface area contributed by atoms with Gasteiger partial charge in [-0.25, -0.2) is 0 Å². The second-order valence-electron chi connectivity index (χ2n) is 4.20. The first-order valence-corrected chi connectivity index (χ1v) is 7.39. The Kier molecular flexibility index (Phi) is 5.00. The lowest BCUT2D eigenvalue weighted by Gasteiger charge is -2.08. The third kappa shape index (κ3) is 4.37. The number of nitrogen functional groups attached to an aromatic ring is 1. The van der Waals surface area contributed by atoms with Crippen LogP contribution >= 0.6 is 23.4 Å². The lowest BCUT2D eigenvalue weighted by molar-refractivity contribution is 0.344. The molecule has 0 aliphatic rings. The van der Waals surface area contributed by atoms with Crippen molar-refractivity contribution in [3.8, 4) is 5.75 Å². The Morgan fingerprint density at radius 2 is 2.05 bits per heavy atom. The average molecular weight is 294 g/mol. The molecule has 0 saturated heterocycles. The van der Waals surface area contributed by atoms with Gasteiger partial charge in [-0.2, -0.15) is 0 Å². The molecule has 2 N–H and O–H groups in total. The largest absolute Gasteiger partial charge is 0.493 e. The van der Waals surface area contributed by atoms with Crippen LogP contribution in [0.4, 0.5) is 5.69 Å². The van der Waals surface area contributed by atoms with Crippen molar-refractivity contribution in [3.05, 3.63) is 53.1 Å². The van der Waals surface area contributed by atoms with Crippen LogP contribution in [-0.2, 0) is 0 Å². The van der Waals surface area contributed by atoms with Crippen molar-refractivity contribution < 1.29 is 4.74 Å². The van der Waals surface area contributed by atoms with Crippen LogP contribution in [0.1, 0.15) is 5.56 Å². The molecule has 0 saturated carbocycles. The normalized spacial score (nSPS) is 10.4. The molecule has 19 heavy (non-hydrogen) atoms. The fraction of sp³-hybridized carbons (Fsp3) is 0.200. The van der Waals surface area contributed by atoms with Gasteiger partial charge in [0.05, 0.1) is 6.61 Å². The minimum absolute atomic E-state index is 0.649. The molecule has 0 unspecified atom stereocenters. The smallest absolute Gasteiger partial charge is 0.119 e. The summed E-state index contributed by atoms with van der Waals surface area (Å²) in [5.74, 6) is 1.75. The van der Waals surface area contributed by atoms with Crippen molar-refractivity contribution in [2.45, 2.75) is 11.8 Å². The van der Waals surface area contributed by atoms with E-state index in [1.807, 2.05) is 30.3 Å². The summed E-state index contributed by atoms with van der Waals surface area (Å²) < 4.78 is 5.68. The van der Waals surface area contributed by atoms with Crippen molar-refractivity contribution in [1.29, 1.82) is 0 Å². The number of aryl methyl sites for hydroxylation is 1. The van der Waals surface area contributed by atoms with E-state index in [9.17, 15) is 0 Å².